The number of hydrogen-bond donors (Lipinski definition) is 0. The summed E-state index contributed by atoms with van der Waals surface area (Å²) in [5.74, 6) is 2.46. The lowest BCUT2D eigenvalue weighted by molar-refractivity contribution is 0.0872. The first-order chi connectivity index (χ1) is 17.1. The van der Waals surface area contributed by atoms with E-state index in [1.54, 1.807) is 7.11 Å². The summed E-state index contributed by atoms with van der Waals surface area (Å²) < 4.78 is 19.7. The SMILES string of the molecule is CCn1cc(/C=C2\Oc3c(ccc4c3CN(Cc3ccc(OC)cc3)CO4)C2=O)c2ccccc21. The second kappa shape index (κ2) is 8.64. The minimum absolute atomic E-state index is 0.0941. The number of hydrogen-bond acceptors (Lipinski definition) is 5. The van der Waals surface area contributed by atoms with Gasteiger partial charge >= 0.3 is 0 Å². The van der Waals surface area contributed by atoms with Gasteiger partial charge in [0, 0.05) is 42.3 Å². The van der Waals surface area contributed by atoms with Crippen LogP contribution in [-0.2, 0) is 19.6 Å². The Bertz CT molecular complexity index is 1470. The quantitative estimate of drug-likeness (QED) is 0.357. The van der Waals surface area contributed by atoms with Gasteiger partial charge in [0.2, 0.25) is 5.78 Å². The number of aryl methyl sites for hydroxylation is 1. The fraction of sp³-hybridized carbons (Fsp3) is 0.207. The van der Waals surface area contributed by atoms with E-state index in [0.29, 0.717) is 30.3 Å². The Labute approximate surface area is 203 Å². The van der Waals surface area contributed by atoms with Crippen LogP contribution < -0.4 is 14.2 Å². The molecule has 2 aliphatic heterocycles. The van der Waals surface area contributed by atoms with Crippen molar-refractivity contribution in [3.63, 3.8) is 0 Å². The number of benzene rings is 3. The van der Waals surface area contributed by atoms with E-state index in [-0.39, 0.29) is 5.78 Å². The van der Waals surface area contributed by atoms with Crippen LogP contribution in [0.1, 0.15) is 34.0 Å². The second-order valence-corrected chi connectivity index (χ2v) is 8.85. The van der Waals surface area contributed by atoms with Crippen molar-refractivity contribution < 1.29 is 19.0 Å². The summed E-state index contributed by atoms with van der Waals surface area (Å²) in [5.41, 5.74) is 4.78. The molecule has 1 aromatic heterocycles. The molecule has 2 aliphatic rings. The number of ether oxygens (including phenoxy) is 3. The monoisotopic (exact) mass is 466 g/mol. The number of fused-ring (bicyclic) bond motifs is 4. The van der Waals surface area contributed by atoms with E-state index in [4.69, 9.17) is 14.2 Å². The number of allylic oxidation sites excluding steroid dienone is 1. The highest BCUT2D eigenvalue weighted by atomic mass is 16.5. The van der Waals surface area contributed by atoms with Gasteiger partial charge in [0.25, 0.3) is 0 Å². The molecule has 35 heavy (non-hydrogen) atoms. The van der Waals surface area contributed by atoms with Gasteiger partial charge in [-0.2, -0.15) is 0 Å². The standard InChI is InChI=1S/C29H26N2O4/c1-3-31-16-20(22-6-4-5-7-25(22)31)14-27-28(32)23-12-13-26-24(29(23)35-27)17-30(18-34-26)15-19-8-10-21(33-2)11-9-19/h4-14,16H,3,15,17-18H2,1-2H3/b27-14-. The summed E-state index contributed by atoms with van der Waals surface area (Å²) in [6.07, 6.45) is 3.94. The van der Waals surface area contributed by atoms with E-state index in [2.05, 4.69) is 46.9 Å². The summed E-state index contributed by atoms with van der Waals surface area (Å²) in [7, 11) is 1.66. The van der Waals surface area contributed by atoms with Crippen molar-refractivity contribution in [3.05, 3.63) is 94.9 Å². The van der Waals surface area contributed by atoms with Crippen LogP contribution in [-0.4, -0.2) is 29.1 Å². The van der Waals surface area contributed by atoms with E-state index >= 15 is 0 Å². The Balaban J connectivity index is 1.29. The molecule has 0 spiro atoms. The highest BCUT2D eigenvalue weighted by molar-refractivity contribution is 6.15. The molecule has 0 unspecified atom stereocenters. The van der Waals surface area contributed by atoms with Gasteiger partial charge in [0.15, 0.2) is 5.76 Å². The van der Waals surface area contributed by atoms with Crippen LogP contribution in [0.2, 0.25) is 0 Å². The maximum atomic E-state index is 13.3. The van der Waals surface area contributed by atoms with Crippen LogP contribution in [0.5, 0.6) is 17.2 Å². The highest BCUT2D eigenvalue weighted by Gasteiger charge is 2.33. The van der Waals surface area contributed by atoms with Gasteiger partial charge in [-0.05, 0) is 48.9 Å². The number of methoxy groups -OCH3 is 1. The lowest BCUT2D eigenvalue weighted by atomic mass is 10.0. The fourth-order valence-electron chi connectivity index (χ4n) is 4.89. The Hall–Kier alpha value is -4.03. The molecule has 3 aromatic carbocycles. The number of ketones is 1. The van der Waals surface area contributed by atoms with Crippen molar-refractivity contribution in [2.24, 2.45) is 0 Å². The van der Waals surface area contributed by atoms with Crippen molar-refractivity contribution >= 4 is 22.8 Å². The van der Waals surface area contributed by atoms with Crippen molar-refractivity contribution in [1.29, 1.82) is 0 Å². The fourth-order valence-corrected chi connectivity index (χ4v) is 4.89. The van der Waals surface area contributed by atoms with E-state index in [0.717, 1.165) is 52.2 Å². The van der Waals surface area contributed by atoms with E-state index in [1.807, 2.05) is 42.5 Å². The average Bonchev–Trinajstić information content (AvgIpc) is 3.42. The first kappa shape index (κ1) is 21.5. The molecule has 0 atom stereocenters. The number of rotatable bonds is 5. The Morgan fingerprint density at radius 3 is 2.69 bits per heavy atom. The molecule has 176 valence electrons. The molecule has 0 saturated heterocycles. The molecule has 6 nitrogen and oxygen atoms in total. The lowest BCUT2D eigenvalue weighted by Crippen LogP contribution is -2.31. The number of carbonyl (C=O) groups excluding carboxylic acids is 1. The molecule has 0 aliphatic carbocycles. The molecule has 0 amide bonds. The highest BCUT2D eigenvalue weighted by Crippen LogP contribution is 2.42. The maximum Gasteiger partial charge on any atom is 0.231 e. The first-order valence-corrected chi connectivity index (χ1v) is 11.8. The molecule has 4 aromatic rings. The van der Waals surface area contributed by atoms with Crippen molar-refractivity contribution in [1.82, 2.24) is 9.47 Å². The molecule has 0 fully saturated rings. The normalized spacial score (nSPS) is 16.2. The average molecular weight is 467 g/mol. The maximum absolute atomic E-state index is 13.3. The van der Waals surface area contributed by atoms with Crippen molar-refractivity contribution in [2.75, 3.05) is 13.8 Å². The van der Waals surface area contributed by atoms with E-state index in [1.165, 1.54) is 0 Å². The topological polar surface area (TPSA) is 52.9 Å². The van der Waals surface area contributed by atoms with Crippen LogP contribution >= 0.6 is 0 Å². The number of carbonyl (C=O) groups is 1. The van der Waals surface area contributed by atoms with Gasteiger partial charge in [0.05, 0.1) is 18.2 Å². The van der Waals surface area contributed by atoms with E-state index < -0.39 is 0 Å². The third-order valence-corrected chi connectivity index (χ3v) is 6.69. The molecule has 3 heterocycles. The van der Waals surface area contributed by atoms with Crippen LogP contribution in [0.25, 0.3) is 17.0 Å². The molecule has 0 radical (unpaired) electrons. The summed E-state index contributed by atoms with van der Waals surface area (Å²) >= 11 is 0. The van der Waals surface area contributed by atoms with Crippen LogP contribution in [0.15, 0.2) is 72.6 Å². The minimum Gasteiger partial charge on any atom is -0.497 e. The molecule has 0 saturated carbocycles. The Kier molecular flexibility index (Phi) is 5.30. The molecular formula is C29H26N2O4. The summed E-state index contributed by atoms with van der Waals surface area (Å²) in [5, 5.41) is 1.10. The molecule has 0 N–H and O–H groups in total. The largest absolute Gasteiger partial charge is 0.497 e. The summed E-state index contributed by atoms with van der Waals surface area (Å²) in [6, 6.07) is 19.9. The van der Waals surface area contributed by atoms with Gasteiger partial charge in [0.1, 0.15) is 24.0 Å². The lowest BCUT2D eigenvalue weighted by Gasteiger charge is -2.29. The Morgan fingerprint density at radius 1 is 1.06 bits per heavy atom. The van der Waals surface area contributed by atoms with Crippen LogP contribution in [0.4, 0.5) is 0 Å². The van der Waals surface area contributed by atoms with Crippen LogP contribution in [0, 0.1) is 0 Å². The molecular weight excluding hydrogens is 440 g/mol. The number of nitrogens with zero attached hydrogens (tertiary/aromatic N) is 2. The zero-order chi connectivity index (χ0) is 23.9. The third kappa shape index (κ3) is 3.76. The van der Waals surface area contributed by atoms with Crippen molar-refractivity contribution in [3.8, 4) is 17.2 Å². The van der Waals surface area contributed by atoms with Gasteiger partial charge in [-0.15, -0.1) is 0 Å². The molecule has 0 bridgehead atoms. The van der Waals surface area contributed by atoms with Gasteiger partial charge in [-0.25, -0.2) is 0 Å². The van der Waals surface area contributed by atoms with Gasteiger partial charge < -0.3 is 18.8 Å². The number of Topliss-reactive ketones (excluding diaryl/α,β-unsaturated/α-hetero) is 1. The number of para-hydroxylation sites is 1. The Morgan fingerprint density at radius 2 is 1.89 bits per heavy atom. The molecule has 6 heteroatoms. The van der Waals surface area contributed by atoms with Gasteiger partial charge in [-0.3, -0.25) is 9.69 Å². The third-order valence-electron chi connectivity index (χ3n) is 6.69. The molecule has 6 rings (SSSR count). The minimum atomic E-state index is -0.0941. The summed E-state index contributed by atoms with van der Waals surface area (Å²) in [4.78, 5) is 15.5. The predicted molar refractivity (Wildman–Crippen MR) is 135 cm³/mol. The summed E-state index contributed by atoms with van der Waals surface area (Å²) in [6.45, 7) is 4.81. The predicted octanol–water partition coefficient (Wildman–Crippen LogP) is 5.64. The smallest absolute Gasteiger partial charge is 0.231 e. The second-order valence-electron chi connectivity index (χ2n) is 8.85. The van der Waals surface area contributed by atoms with Crippen molar-refractivity contribution in [2.45, 2.75) is 26.6 Å². The number of aromatic nitrogens is 1. The zero-order valence-corrected chi connectivity index (χ0v) is 19.8. The van der Waals surface area contributed by atoms with E-state index in [9.17, 15) is 4.79 Å². The zero-order valence-electron chi connectivity index (χ0n) is 19.8. The first-order valence-electron chi connectivity index (χ1n) is 11.8. The van der Waals surface area contributed by atoms with Crippen LogP contribution in [0.3, 0.4) is 0 Å². The van der Waals surface area contributed by atoms with Gasteiger partial charge in [-0.1, -0.05) is 30.3 Å².